The smallest absolute Gasteiger partial charge is 0.258 e. The predicted molar refractivity (Wildman–Crippen MR) is 99.6 cm³/mol. The van der Waals surface area contributed by atoms with Crippen molar-refractivity contribution in [3.63, 3.8) is 0 Å². The Morgan fingerprint density at radius 3 is 2.62 bits per heavy atom. The van der Waals surface area contributed by atoms with Gasteiger partial charge >= 0.3 is 0 Å². The summed E-state index contributed by atoms with van der Waals surface area (Å²) < 4.78 is 5.79. The summed E-state index contributed by atoms with van der Waals surface area (Å²) in [5.41, 5.74) is 7.35. The molecule has 26 heavy (non-hydrogen) atoms. The summed E-state index contributed by atoms with van der Waals surface area (Å²) >= 11 is 0. The Balaban J connectivity index is 1.92. The van der Waals surface area contributed by atoms with Crippen molar-refractivity contribution < 1.29 is 14.0 Å². The van der Waals surface area contributed by atoms with Crippen LogP contribution in [0.15, 0.2) is 40.8 Å². The lowest BCUT2D eigenvalue weighted by Gasteiger charge is -2.24. The molecule has 0 radical (unpaired) electrons. The van der Waals surface area contributed by atoms with E-state index in [-0.39, 0.29) is 23.9 Å². The van der Waals surface area contributed by atoms with Crippen LogP contribution in [0.1, 0.15) is 36.4 Å². The van der Waals surface area contributed by atoms with Gasteiger partial charge in [0.25, 0.3) is 5.91 Å². The fourth-order valence-electron chi connectivity index (χ4n) is 3.35. The van der Waals surface area contributed by atoms with Gasteiger partial charge in [0.2, 0.25) is 5.91 Å². The normalized spacial score (nSPS) is 19.8. The summed E-state index contributed by atoms with van der Waals surface area (Å²) in [7, 11) is 0. The minimum atomic E-state index is -0.557. The lowest BCUT2D eigenvalue weighted by molar-refractivity contribution is -0.125. The van der Waals surface area contributed by atoms with Crippen molar-refractivity contribution in [1.82, 2.24) is 10.2 Å². The number of carbonyl (C=O) groups excluding carboxylic acids is 2. The Kier molecular flexibility index (Phi) is 5.13. The average molecular weight is 355 g/mol. The van der Waals surface area contributed by atoms with Crippen LogP contribution >= 0.6 is 0 Å². The van der Waals surface area contributed by atoms with Crippen LogP contribution in [0.25, 0.3) is 11.3 Å². The first-order valence-electron chi connectivity index (χ1n) is 8.89. The largest absolute Gasteiger partial charge is 0.461 e. The first-order valence-corrected chi connectivity index (χ1v) is 8.89. The molecule has 0 aliphatic carbocycles. The average Bonchev–Trinajstić information content (AvgIpc) is 3.17. The second kappa shape index (κ2) is 7.33. The van der Waals surface area contributed by atoms with E-state index in [2.05, 4.69) is 5.32 Å². The quantitative estimate of drug-likeness (QED) is 0.881. The number of benzene rings is 1. The summed E-state index contributed by atoms with van der Waals surface area (Å²) in [6, 6.07) is 10.5. The molecule has 2 aromatic rings. The van der Waals surface area contributed by atoms with Gasteiger partial charge in [-0.15, -0.1) is 0 Å². The molecule has 2 atom stereocenters. The third-order valence-electron chi connectivity index (χ3n) is 4.45. The van der Waals surface area contributed by atoms with E-state index < -0.39 is 6.04 Å². The van der Waals surface area contributed by atoms with Crippen molar-refractivity contribution >= 4 is 11.8 Å². The zero-order chi connectivity index (χ0) is 18.8. The monoisotopic (exact) mass is 355 g/mol. The van der Waals surface area contributed by atoms with Crippen LogP contribution in [0, 0.1) is 6.92 Å². The first-order chi connectivity index (χ1) is 12.4. The fraction of sp³-hybridized carbons (Fsp3) is 0.400. The van der Waals surface area contributed by atoms with Crippen LogP contribution in [0.2, 0.25) is 0 Å². The van der Waals surface area contributed by atoms with Crippen molar-refractivity contribution in [1.29, 1.82) is 0 Å². The van der Waals surface area contributed by atoms with E-state index >= 15 is 0 Å². The lowest BCUT2D eigenvalue weighted by Crippen LogP contribution is -2.47. The number of nitrogens with zero attached hydrogens (tertiary/aromatic N) is 1. The highest BCUT2D eigenvalue weighted by molar-refractivity contribution is 6.02. The highest BCUT2D eigenvalue weighted by Crippen LogP contribution is 2.30. The van der Waals surface area contributed by atoms with Gasteiger partial charge < -0.3 is 20.4 Å². The van der Waals surface area contributed by atoms with Gasteiger partial charge in [-0.05, 0) is 33.3 Å². The minimum Gasteiger partial charge on any atom is -0.461 e. The summed E-state index contributed by atoms with van der Waals surface area (Å²) in [4.78, 5) is 27.3. The zero-order valence-corrected chi connectivity index (χ0v) is 15.4. The standard InChI is InChI=1S/C20H25N3O3/c1-12(2)22-19(24)17-10-15(21)11-23(17)20(25)16-9-13(3)26-18(16)14-7-5-4-6-8-14/h4-9,12,15,17H,10-11,21H2,1-3H3,(H,22,24)/t15-,17-/m0/s1. The van der Waals surface area contributed by atoms with Gasteiger partial charge in [-0.3, -0.25) is 9.59 Å². The van der Waals surface area contributed by atoms with Gasteiger partial charge in [0.1, 0.15) is 17.6 Å². The van der Waals surface area contributed by atoms with Crippen molar-refractivity contribution in [2.45, 2.75) is 45.3 Å². The Morgan fingerprint density at radius 1 is 1.27 bits per heavy atom. The highest BCUT2D eigenvalue weighted by atomic mass is 16.3. The van der Waals surface area contributed by atoms with Gasteiger partial charge in [-0.25, -0.2) is 0 Å². The molecular weight excluding hydrogens is 330 g/mol. The first kappa shape index (κ1) is 18.2. The summed E-state index contributed by atoms with van der Waals surface area (Å²) in [6.07, 6.45) is 0.460. The van der Waals surface area contributed by atoms with Crippen LogP contribution in [0.4, 0.5) is 0 Å². The number of hydrogen-bond acceptors (Lipinski definition) is 4. The fourth-order valence-corrected chi connectivity index (χ4v) is 3.35. The number of aryl methyl sites for hydroxylation is 1. The Hall–Kier alpha value is -2.60. The SMILES string of the molecule is Cc1cc(C(=O)N2C[C@@H](N)C[C@H]2C(=O)NC(C)C)c(-c2ccccc2)o1. The number of nitrogens with two attached hydrogens (primary N) is 1. The van der Waals surface area contributed by atoms with Gasteiger partial charge in [-0.2, -0.15) is 0 Å². The van der Waals surface area contributed by atoms with E-state index in [1.54, 1.807) is 11.0 Å². The van der Waals surface area contributed by atoms with Crippen LogP contribution in [-0.2, 0) is 4.79 Å². The number of hydrogen-bond donors (Lipinski definition) is 2. The Morgan fingerprint density at radius 2 is 1.96 bits per heavy atom. The molecule has 0 bridgehead atoms. The minimum absolute atomic E-state index is 0.00678. The number of rotatable bonds is 4. The molecule has 2 amide bonds. The Bertz CT molecular complexity index is 798. The van der Waals surface area contributed by atoms with E-state index in [0.29, 0.717) is 30.0 Å². The molecule has 3 rings (SSSR count). The number of amides is 2. The molecule has 6 nitrogen and oxygen atoms in total. The molecule has 1 aromatic carbocycles. The third kappa shape index (κ3) is 3.65. The van der Waals surface area contributed by atoms with E-state index in [1.165, 1.54) is 0 Å². The number of carbonyl (C=O) groups is 2. The summed E-state index contributed by atoms with van der Waals surface area (Å²) in [6.45, 7) is 5.95. The molecular formula is C20H25N3O3. The van der Waals surface area contributed by atoms with E-state index in [1.807, 2.05) is 51.1 Å². The molecule has 1 fully saturated rings. The Labute approximate surface area is 153 Å². The van der Waals surface area contributed by atoms with Crippen LogP contribution in [0.5, 0.6) is 0 Å². The van der Waals surface area contributed by atoms with Crippen molar-refractivity contribution in [3.05, 3.63) is 47.7 Å². The molecule has 0 unspecified atom stereocenters. The number of nitrogens with one attached hydrogen (secondary N) is 1. The second-order valence-electron chi connectivity index (χ2n) is 7.10. The predicted octanol–water partition coefficient (Wildman–Crippen LogP) is 2.32. The van der Waals surface area contributed by atoms with Gasteiger partial charge in [-0.1, -0.05) is 30.3 Å². The molecule has 6 heteroatoms. The maximum absolute atomic E-state index is 13.2. The second-order valence-corrected chi connectivity index (χ2v) is 7.10. The van der Waals surface area contributed by atoms with Gasteiger partial charge in [0, 0.05) is 24.2 Å². The van der Waals surface area contributed by atoms with Crippen LogP contribution < -0.4 is 11.1 Å². The van der Waals surface area contributed by atoms with E-state index in [4.69, 9.17) is 10.2 Å². The molecule has 1 saturated heterocycles. The third-order valence-corrected chi connectivity index (χ3v) is 4.45. The van der Waals surface area contributed by atoms with Crippen LogP contribution in [0.3, 0.4) is 0 Å². The van der Waals surface area contributed by atoms with E-state index in [9.17, 15) is 9.59 Å². The van der Waals surface area contributed by atoms with Crippen molar-refractivity contribution in [3.8, 4) is 11.3 Å². The maximum Gasteiger partial charge on any atom is 0.258 e. The molecule has 2 heterocycles. The number of likely N-dealkylation sites (tertiary alicyclic amines) is 1. The number of furan rings is 1. The summed E-state index contributed by atoms with van der Waals surface area (Å²) in [5, 5.41) is 2.88. The molecule has 1 aromatic heterocycles. The lowest BCUT2D eigenvalue weighted by atomic mass is 10.1. The molecule has 0 spiro atoms. The molecule has 1 aliphatic heterocycles. The van der Waals surface area contributed by atoms with E-state index in [0.717, 1.165) is 5.56 Å². The molecule has 138 valence electrons. The van der Waals surface area contributed by atoms with Crippen molar-refractivity contribution in [2.24, 2.45) is 5.73 Å². The van der Waals surface area contributed by atoms with Crippen LogP contribution in [-0.4, -0.2) is 41.4 Å². The molecule has 0 saturated carbocycles. The molecule has 3 N–H and O–H groups in total. The zero-order valence-electron chi connectivity index (χ0n) is 15.4. The highest BCUT2D eigenvalue weighted by Gasteiger charge is 2.39. The van der Waals surface area contributed by atoms with Gasteiger partial charge in [0.05, 0.1) is 5.56 Å². The molecule has 1 aliphatic rings. The van der Waals surface area contributed by atoms with Crippen molar-refractivity contribution in [2.75, 3.05) is 6.54 Å². The van der Waals surface area contributed by atoms with Gasteiger partial charge in [0.15, 0.2) is 0 Å². The maximum atomic E-state index is 13.2. The summed E-state index contributed by atoms with van der Waals surface area (Å²) in [5.74, 6) is 0.788. The topological polar surface area (TPSA) is 88.6 Å².